The van der Waals surface area contributed by atoms with E-state index in [1.807, 2.05) is 0 Å². The Kier molecular flexibility index (Phi) is 8.01. The van der Waals surface area contributed by atoms with Gasteiger partial charge in [-0.2, -0.15) is 11.8 Å². The van der Waals surface area contributed by atoms with Gasteiger partial charge in [-0.3, -0.25) is 9.52 Å². The molecule has 0 aromatic heterocycles. The summed E-state index contributed by atoms with van der Waals surface area (Å²) in [7, 11) is -3.75. The molecule has 0 radical (unpaired) electrons. The number of hydrogen-bond donors (Lipinski definition) is 2. The molecule has 3 rings (SSSR count). The molecule has 0 aliphatic carbocycles. The van der Waals surface area contributed by atoms with Gasteiger partial charge in [0, 0.05) is 23.7 Å². The molecule has 0 fully saturated rings. The Balaban J connectivity index is 1.55. The lowest BCUT2D eigenvalue weighted by atomic mass is 10.2. The Morgan fingerprint density at radius 2 is 1.71 bits per heavy atom. The van der Waals surface area contributed by atoms with Crippen LogP contribution in [0.3, 0.4) is 0 Å². The van der Waals surface area contributed by atoms with Crippen molar-refractivity contribution in [1.29, 1.82) is 0 Å². The maximum absolute atomic E-state index is 12.5. The van der Waals surface area contributed by atoms with Crippen molar-refractivity contribution in [3.05, 3.63) is 94.5 Å². The molecule has 0 unspecified atom stereocenters. The average molecular weight is 475 g/mol. The Bertz CT molecular complexity index is 1140. The van der Waals surface area contributed by atoms with Gasteiger partial charge in [0.05, 0.1) is 15.5 Å². The van der Waals surface area contributed by atoms with Crippen LogP contribution in [0.4, 0.5) is 5.69 Å². The predicted molar refractivity (Wildman–Crippen MR) is 128 cm³/mol. The number of rotatable bonds is 9. The van der Waals surface area contributed by atoms with Crippen molar-refractivity contribution in [1.82, 2.24) is 5.32 Å². The van der Waals surface area contributed by atoms with Gasteiger partial charge >= 0.3 is 0 Å². The third-order valence-electron chi connectivity index (χ3n) is 4.44. The molecule has 3 aromatic carbocycles. The molecule has 3 aromatic rings. The second-order valence-corrected chi connectivity index (χ2v) is 10.1. The third kappa shape index (κ3) is 6.75. The molecule has 0 saturated carbocycles. The van der Waals surface area contributed by atoms with Crippen molar-refractivity contribution >= 4 is 45.0 Å². The van der Waals surface area contributed by atoms with E-state index in [0.717, 1.165) is 11.5 Å². The number of benzene rings is 3. The lowest BCUT2D eigenvalue weighted by molar-refractivity contribution is 0.0956. The molecule has 31 heavy (non-hydrogen) atoms. The quantitative estimate of drug-likeness (QED) is 0.422. The molecular weight excluding hydrogens is 452 g/mol. The fourth-order valence-corrected chi connectivity index (χ4v) is 4.88. The van der Waals surface area contributed by atoms with E-state index in [1.165, 1.54) is 41.5 Å². The fraction of sp³-hybridized carbons (Fsp3) is 0.174. The zero-order valence-corrected chi connectivity index (χ0v) is 19.4. The molecule has 0 spiro atoms. The van der Waals surface area contributed by atoms with Crippen LogP contribution in [0.25, 0.3) is 0 Å². The summed E-state index contributed by atoms with van der Waals surface area (Å²) >= 11 is 7.89. The number of hydrogen-bond acceptors (Lipinski definition) is 4. The summed E-state index contributed by atoms with van der Waals surface area (Å²) in [6.45, 7) is 2.53. The first-order chi connectivity index (χ1) is 14.8. The van der Waals surface area contributed by atoms with Crippen LogP contribution in [0, 0.1) is 6.92 Å². The SMILES string of the molecule is Cc1ccc(CSCCNC(=O)c2cc(NS(=O)(=O)c3ccccc3)ccc2Cl)cc1. The predicted octanol–water partition coefficient (Wildman–Crippen LogP) is 5.11. The number of carbonyl (C=O) groups is 1. The standard InChI is InChI=1S/C23H23ClN2O3S2/c1-17-7-9-18(10-8-17)16-30-14-13-25-23(27)21-15-19(11-12-22(21)24)26-31(28,29)20-5-3-2-4-6-20/h2-12,15,26H,13-14,16H2,1H3,(H,25,27). The molecule has 1 amide bonds. The van der Waals surface area contributed by atoms with Gasteiger partial charge in [0.25, 0.3) is 15.9 Å². The van der Waals surface area contributed by atoms with E-state index in [-0.39, 0.29) is 27.1 Å². The first kappa shape index (κ1) is 23.2. The van der Waals surface area contributed by atoms with Crippen molar-refractivity contribution in [3.63, 3.8) is 0 Å². The van der Waals surface area contributed by atoms with Gasteiger partial charge in [0.1, 0.15) is 0 Å². The first-order valence-corrected chi connectivity index (χ1v) is 12.7. The smallest absolute Gasteiger partial charge is 0.261 e. The lowest BCUT2D eigenvalue weighted by Crippen LogP contribution is -2.26. The van der Waals surface area contributed by atoms with E-state index in [4.69, 9.17) is 11.6 Å². The lowest BCUT2D eigenvalue weighted by Gasteiger charge is -2.11. The largest absolute Gasteiger partial charge is 0.351 e. The van der Waals surface area contributed by atoms with Gasteiger partial charge in [0.15, 0.2) is 0 Å². The Labute approximate surface area is 192 Å². The molecule has 5 nitrogen and oxygen atoms in total. The zero-order chi connectivity index (χ0) is 22.3. The van der Waals surface area contributed by atoms with E-state index in [9.17, 15) is 13.2 Å². The minimum atomic E-state index is -3.75. The van der Waals surface area contributed by atoms with Gasteiger partial charge in [-0.05, 0) is 42.8 Å². The number of aryl methyl sites for hydroxylation is 1. The van der Waals surface area contributed by atoms with Crippen LogP contribution in [-0.4, -0.2) is 26.6 Å². The number of sulfonamides is 1. The molecular formula is C23H23ClN2O3S2. The average Bonchev–Trinajstić information content (AvgIpc) is 2.76. The van der Waals surface area contributed by atoms with Crippen molar-refractivity contribution in [2.24, 2.45) is 0 Å². The van der Waals surface area contributed by atoms with Crippen molar-refractivity contribution < 1.29 is 13.2 Å². The summed E-state index contributed by atoms with van der Waals surface area (Å²) in [6.07, 6.45) is 0. The molecule has 0 aliphatic heterocycles. The molecule has 162 valence electrons. The Morgan fingerprint density at radius 1 is 1.00 bits per heavy atom. The number of anilines is 1. The van der Waals surface area contributed by atoms with Crippen LogP contribution in [0.15, 0.2) is 77.7 Å². The number of amides is 1. The highest BCUT2D eigenvalue weighted by Crippen LogP contribution is 2.23. The Morgan fingerprint density at radius 3 is 2.42 bits per heavy atom. The normalized spacial score (nSPS) is 11.2. The van der Waals surface area contributed by atoms with Crippen LogP contribution in [0.5, 0.6) is 0 Å². The van der Waals surface area contributed by atoms with Crippen LogP contribution in [-0.2, 0) is 15.8 Å². The van der Waals surface area contributed by atoms with Crippen molar-refractivity contribution in [2.45, 2.75) is 17.6 Å². The summed E-state index contributed by atoms with van der Waals surface area (Å²) in [5.41, 5.74) is 2.96. The van der Waals surface area contributed by atoms with Crippen molar-refractivity contribution in [2.75, 3.05) is 17.0 Å². The van der Waals surface area contributed by atoms with E-state index in [2.05, 4.69) is 41.2 Å². The highest BCUT2D eigenvalue weighted by Gasteiger charge is 2.16. The van der Waals surface area contributed by atoms with E-state index >= 15 is 0 Å². The minimum absolute atomic E-state index is 0.140. The number of halogens is 1. The summed E-state index contributed by atoms with van der Waals surface area (Å²) in [5, 5.41) is 3.09. The summed E-state index contributed by atoms with van der Waals surface area (Å²) in [5.74, 6) is 1.27. The van der Waals surface area contributed by atoms with E-state index < -0.39 is 10.0 Å². The van der Waals surface area contributed by atoms with E-state index in [1.54, 1.807) is 30.0 Å². The second-order valence-electron chi connectivity index (χ2n) is 6.91. The first-order valence-electron chi connectivity index (χ1n) is 9.64. The molecule has 8 heteroatoms. The van der Waals surface area contributed by atoms with Crippen LogP contribution in [0.2, 0.25) is 5.02 Å². The topological polar surface area (TPSA) is 75.3 Å². The monoisotopic (exact) mass is 474 g/mol. The molecule has 0 aliphatic rings. The number of carbonyl (C=O) groups excluding carboxylic acids is 1. The molecule has 0 heterocycles. The van der Waals surface area contributed by atoms with Crippen LogP contribution < -0.4 is 10.0 Å². The van der Waals surface area contributed by atoms with Gasteiger partial charge in [-0.15, -0.1) is 0 Å². The second kappa shape index (κ2) is 10.7. The van der Waals surface area contributed by atoms with Gasteiger partial charge in [0.2, 0.25) is 0 Å². The minimum Gasteiger partial charge on any atom is -0.351 e. The third-order valence-corrected chi connectivity index (χ3v) is 7.20. The maximum atomic E-state index is 12.5. The van der Waals surface area contributed by atoms with Gasteiger partial charge in [-0.25, -0.2) is 8.42 Å². The summed E-state index contributed by atoms with van der Waals surface area (Å²) < 4.78 is 27.5. The summed E-state index contributed by atoms with van der Waals surface area (Å²) in [6, 6.07) is 20.9. The van der Waals surface area contributed by atoms with Crippen molar-refractivity contribution in [3.8, 4) is 0 Å². The maximum Gasteiger partial charge on any atom is 0.261 e. The van der Waals surface area contributed by atoms with Crippen LogP contribution in [0.1, 0.15) is 21.5 Å². The summed E-state index contributed by atoms with van der Waals surface area (Å²) in [4.78, 5) is 12.7. The van der Waals surface area contributed by atoms with E-state index in [0.29, 0.717) is 6.54 Å². The Hall–Kier alpha value is -2.48. The number of thioether (sulfide) groups is 1. The van der Waals surface area contributed by atoms with Gasteiger partial charge in [-0.1, -0.05) is 59.6 Å². The fourth-order valence-electron chi connectivity index (χ4n) is 2.78. The molecule has 0 bridgehead atoms. The van der Waals surface area contributed by atoms with Gasteiger partial charge < -0.3 is 5.32 Å². The molecule has 2 N–H and O–H groups in total. The molecule has 0 saturated heterocycles. The highest BCUT2D eigenvalue weighted by atomic mass is 35.5. The molecule has 0 atom stereocenters. The van der Waals surface area contributed by atoms with Crippen LogP contribution >= 0.6 is 23.4 Å². The number of nitrogens with one attached hydrogen (secondary N) is 2. The highest BCUT2D eigenvalue weighted by molar-refractivity contribution is 7.98. The zero-order valence-electron chi connectivity index (χ0n) is 17.0.